The number of rotatable bonds is 8. The zero-order chi connectivity index (χ0) is 23.9. The molecule has 33 heavy (non-hydrogen) atoms. The summed E-state index contributed by atoms with van der Waals surface area (Å²) in [7, 11) is -2.68. The molecule has 5 heteroatoms. The van der Waals surface area contributed by atoms with Crippen LogP contribution in [-0.4, -0.2) is 44.6 Å². The lowest BCUT2D eigenvalue weighted by Crippen LogP contribution is -2.67. The molecule has 0 aromatic heterocycles. The minimum absolute atomic E-state index is 0.0955. The highest BCUT2D eigenvalue weighted by Crippen LogP contribution is 2.37. The fourth-order valence-electron chi connectivity index (χ4n) is 4.85. The molecule has 2 atom stereocenters. The summed E-state index contributed by atoms with van der Waals surface area (Å²) in [4.78, 5) is 14.7. The summed E-state index contributed by atoms with van der Waals surface area (Å²) in [5.41, 5.74) is 0. The molecule has 176 valence electrons. The summed E-state index contributed by atoms with van der Waals surface area (Å²) in [5, 5.41) is 2.34. The second-order valence-corrected chi connectivity index (χ2v) is 14.1. The van der Waals surface area contributed by atoms with Crippen LogP contribution in [0.3, 0.4) is 0 Å². The second kappa shape index (κ2) is 11.0. The SMILES string of the molecule is C#CC1CC[C@@H](CO[Si](c2ccccc2)(c2ccccc2)C(C)(C)C)N1C(=O)OCCCC. The molecule has 1 amide bonds. The topological polar surface area (TPSA) is 38.8 Å². The minimum Gasteiger partial charge on any atom is -0.449 e. The van der Waals surface area contributed by atoms with Gasteiger partial charge in [0.05, 0.1) is 25.3 Å². The molecule has 0 N–H and O–H groups in total. The Morgan fingerprint density at radius 1 is 1.06 bits per heavy atom. The van der Waals surface area contributed by atoms with Crippen LogP contribution in [0.4, 0.5) is 4.79 Å². The number of amides is 1. The van der Waals surface area contributed by atoms with Gasteiger partial charge in [0.1, 0.15) is 0 Å². The van der Waals surface area contributed by atoms with E-state index in [1.54, 1.807) is 4.90 Å². The van der Waals surface area contributed by atoms with Crippen molar-refractivity contribution in [1.29, 1.82) is 0 Å². The zero-order valence-corrected chi connectivity index (χ0v) is 21.4. The third-order valence-electron chi connectivity index (χ3n) is 6.54. The Morgan fingerprint density at radius 3 is 2.12 bits per heavy atom. The molecule has 3 rings (SSSR count). The third kappa shape index (κ3) is 5.34. The van der Waals surface area contributed by atoms with E-state index in [0.717, 1.165) is 25.7 Å². The average molecular weight is 464 g/mol. The van der Waals surface area contributed by atoms with Crippen molar-refractivity contribution in [2.24, 2.45) is 0 Å². The highest BCUT2D eigenvalue weighted by atomic mass is 28.4. The lowest BCUT2D eigenvalue weighted by atomic mass is 10.2. The van der Waals surface area contributed by atoms with Gasteiger partial charge < -0.3 is 9.16 Å². The number of likely N-dealkylation sites (tertiary alicyclic amines) is 1. The van der Waals surface area contributed by atoms with Crippen molar-refractivity contribution in [2.45, 2.75) is 70.5 Å². The Hall–Kier alpha value is -2.55. The van der Waals surface area contributed by atoms with Gasteiger partial charge in [-0.1, -0.05) is 101 Å². The second-order valence-electron chi connectivity index (χ2n) is 9.76. The highest BCUT2D eigenvalue weighted by molar-refractivity contribution is 6.99. The van der Waals surface area contributed by atoms with E-state index < -0.39 is 8.32 Å². The fourth-order valence-corrected chi connectivity index (χ4v) is 9.45. The maximum absolute atomic E-state index is 12.9. The van der Waals surface area contributed by atoms with E-state index in [9.17, 15) is 4.79 Å². The van der Waals surface area contributed by atoms with E-state index in [0.29, 0.717) is 13.2 Å². The summed E-state index contributed by atoms with van der Waals surface area (Å²) >= 11 is 0. The molecule has 2 aromatic rings. The Balaban J connectivity index is 1.94. The summed E-state index contributed by atoms with van der Waals surface area (Å²) in [6, 6.07) is 20.8. The average Bonchev–Trinajstić information content (AvgIpc) is 3.23. The van der Waals surface area contributed by atoms with Crippen LogP contribution in [-0.2, 0) is 9.16 Å². The first-order valence-corrected chi connectivity index (χ1v) is 13.9. The number of carbonyl (C=O) groups excluding carboxylic acids is 1. The molecular weight excluding hydrogens is 426 g/mol. The number of unbranched alkanes of at least 4 members (excludes halogenated alkanes) is 1. The smallest absolute Gasteiger partial charge is 0.411 e. The number of benzene rings is 2. The number of ether oxygens (including phenoxy) is 1. The van der Waals surface area contributed by atoms with Crippen LogP contribution in [0.15, 0.2) is 60.7 Å². The number of hydrogen-bond acceptors (Lipinski definition) is 3. The van der Waals surface area contributed by atoms with Crippen molar-refractivity contribution in [3.63, 3.8) is 0 Å². The van der Waals surface area contributed by atoms with Crippen molar-refractivity contribution in [3.05, 3.63) is 60.7 Å². The molecule has 0 radical (unpaired) electrons. The van der Waals surface area contributed by atoms with Gasteiger partial charge >= 0.3 is 6.09 Å². The van der Waals surface area contributed by atoms with Crippen LogP contribution in [0.25, 0.3) is 0 Å². The molecule has 0 spiro atoms. The Morgan fingerprint density at radius 2 is 1.64 bits per heavy atom. The molecule has 0 aliphatic carbocycles. The minimum atomic E-state index is -2.68. The van der Waals surface area contributed by atoms with E-state index in [-0.39, 0.29) is 23.2 Å². The van der Waals surface area contributed by atoms with Crippen molar-refractivity contribution < 1.29 is 14.0 Å². The molecule has 4 nitrogen and oxygen atoms in total. The van der Waals surface area contributed by atoms with Gasteiger partial charge in [0.15, 0.2) is 0 Å². The molecule has 0 bridgehead atoms. The van der Waals surface area contributed by atoms with Crippen molar-refractivity contribution in [2.75, 3.05) is 13.2 Å². The zero-order valence-electron chi connectivity index (χ0n) is 20.4. The van der Waals surface area contributed by atoms with Gasteiger partial charge in [0, 0.05) is 0 Å². The molecule has 1 heterocycles. The first-order valence-electron chi connectivity index (χ1n) is 12.0. The van der Waals surface area contributed by atoms with Gasteiger partial charge in [0.2, 0.25) is 0 Å². The van der Waals surface area contributed by atoms with Crippen molar-refractivity contribution in [1.82, 2.24) is 4.90 Å². The van der Waals surface area contributed by atoms with Crippen molar-refractivity contribution in [3.8, 4) is 12.3 Å². The Kier molecular flexibility index (Phi) is 8.39. The van der Waals surface area contributed by atoms with Gasteiger partial charge in [-0.3, -0.25) is 4.90 Å². The summed E-state index contributed by atoms with van der Waals surface area (Å²) in [5.74, 6) is 2.79. The molecule has 1 aliphatic heterocycles. The van der Waals surface area contributed by atoms with Gasteiger partial charge in [-0.2, -0.15) is 0 Å². The Labute approximate surface area is 200 Å². The number of hydrogen-bond donors (Lipinski definition) is 0. The predicted molar refractivity (Wildman–Crippen MR) is 137 cm³/mol. The predicted octanol–water partition coefficient (Wildman–Crippen LogP) is 4.97. The molecule has 2 aromatic carbocycles. The maximum Gasteiger partial charge on any atom is 0.411 e. The molecule has 1 saturated heterocycles. The van der Waals surface area contributed by atoms with Crippen molar-refractivity contribution >= 4 is 24.8 Å². The van der Waals surface area contributed by atoms with Crippen LogP contribution in [0.1, 0.15) is 53.4 Å². The Bertz CT molecular complexity index is 894. The largest absolute Gasteiger partial charge is 0.449 e. The number of terminal acetylenes is 1. The van der Waals surface area contributed by atoms with Gasteiger partial charge in [0.25, 0.3) is 8.32 Å². The quantitative estimate of drug-likeness (QED) is 0.315. The highest BCUT2D eigenvalue weighted by Gasteiger charge is 2.51. The number of nitrogens with zero attached hydrogens (tertiary/aromatic N) is 1. The molecule has 1 fully saturated rings. The first-order chi connectivity index (χ1) is 15.8. The van der Waals surface area contributed by atoms with Crippen LogP contribution < -0.4 is 10.4 Å². The molecule has 0 saturated carbocycles. The lowest BCUT2D eigenvalue weighted by Gasteiger charge is -2.44. The van der Waals surface area contributed by atoms with Crippen LogP contribution in [0.5, 0.6) is 0 Å². The number of carbonyl (C=O) groups is 1. The van der Waals surface area contributed by atoms with E-state index in [2.05, 4.69) is 82.1 Å². The summed E-state index contributed by atoms with van der Waals surface area (Å²) in [6.45, 7) is 9.72. The monoisotopic (exact) mass is 463 g/mol. The van der Waals surface area contributed by atoms with E-state index in [1.807, 2.05) is 12.1 Å². The third-order valence-corrected chi connectivity index (χ3v) is 11.5. The fraction of sp³-hybridized carbons (Fsp3) is 0.464. The molecule has 1 aliphatic rings. The lowest BCUT2D eigenvalue weighted by molar-refractivity contribution is 0.0783. The summed E-state index contributed by atoms with van der Waals surface area (Å²) in [6.07, 6.45) is 8.88. The maximum atomic E-state index is 12.9. The molecule has 1 unspecified atom stereocenters. The van der Waals surface area contributed by atoms with Crippen LogP contribution in [0, 0.1) is 12.3 Å². The normalized spacial score (nSPS) is 18.7. The summed E-state index contributed by atoms with van der Waals surface area (Å²) < 4.78 is 12.6. The van der Waals surface area contributed by atoms with E-state index >= 15 is 0 Å². The first kappa shape index (κ1) is 25.1. The standard InChI is InChI=1S/C28H37NO3Si/c1-6-8-21-31-27(30)29-23(7-2)19-20-24(29)22-32-33(28(3,4)5,25-15-11-9-12-16-25)26-17-13-10-14-18-26/h2,9-18,23-24H,6,8,19-22H2,1,3-5H3/t23?,24-/m0/s1. The van der Waals surface area contributed by atoms with Crippen LogP contribution in [0.2, 0.25) is 5.04 Å². The van der Waals surface area contributed by atoms with Gasteiger partial charge in [-0.25, -0.2) is 4.79 Å². The van der Waals surface area contributed by atoms with Gasteiger partial charge in [-0.15, -0.1) is 6.42 Å². The van der Waals surface area contributed by atoms with Gasteiger partial charge in [-0.05, 0) is 34.7 Å². The van der Waals surface area contributed by atoms with E-state index in [4.69, 9.17) is 15.6 Å². The van der Waals surface area contributed by atoms with E-state index in [1.165, 1.54) is 10.4 Å². The molecular formula is C28H37NO3Si. The van der Waals surface area contributed by atoms with Crippen LogP contribution >= 0.6 is 0 Å².